The second kappa shape index (κ2) is 10.2. The third kappa shape index (κ3) is 5.60. The molecule has 0 atom stereocenters. The summed E-state index contributed by atoms with van der Waals surface area (Å²) in [5, 5.41) is 5.81. The Labute approximate surface area is 177 Å². The van der Waals surface area contributed by atoms with E-state index in [-0.39, 0.29) is 12.1 Å². The van der Waals surface area contributed by atoms with Crippen molar-refractivity contribution in [3.8, 4) is 5.88 Å². The highest BCUT2D eigenvalue weighted by molar-refractivity contribution is 5.73. The van der Waals surface area contributed by atoms with Crippen molar-refractivity contribution in [3.05, 3.63) is 47.8 Å². The van der Waals surface area contributed by atoms with E-state index in [1.807, 2.05) is 24.3 Å². The zero-order valence-electron chi connectivity index (χ0n) is 17.2. The predicted molar refractivity (Wildman–Crippen MR) is 113 cm³/mol. The molecule has 8 nitrogen and oxygen atoms in total. The molecule has 4 rings (SSSR count). The van der Waals surface area contributed by atoms with Gasteiger partial charge < -0.3 is 25.0 Å². The first-order valence-corrected chi connectivity index (χ1v) is 10.7. The summed E-state index contributed by atoms with van der Waals surface area (Å²) in [6, 6.07) is 7.50. The fourth-order valence-corrected chi connectivity index (χ4v) is 3.79. The number of aromatic nitrogens is 2. The van der Waals surface area contributed by atoms with Crippen LogP contribution in [0.15, 0.2) is 36.7 Å². The van der Waals surface area contributed by atoms with Crippen molar-refractivity contribution in [2.45, 2.75) is 44.9 Å². The molecule has 0 spiro atoms. The average Bonchev–Trinajstić information content (AvgIpc) is 3.31. The molecule has 0 radical (unpaired) electrons. The van der Waals surface area contributed by atoms with Crippen LogP contribution in [-0.4, -0.2) is 48.4 Å². The van der Waals surface area contributed by atoms with Crippen molar-refractivity contribution in [2.75, 3.05) is 31.2 Å². The molecule has 30 heavy (non-hydrogen) atoms. The summed E-state index contributed by atoms with van der Waals surface area (Å²) in [7, 11) is 0. The van der Waals surface area contributed by atoms with Gasteiger partial charge in [0.05, 0.1) is 13.2 Å². The van der Waals surface area contributed by atoms with E-state index in [2.05, 4.69) is 25.5 Å². The Bertz CT molecular complexity index is 835. The lowest BCUT2D eigenvalue weighted by Gasteiger charge is -2.28. The molecular formula is C22H29N5O3. The smallest absolute Gasteiger partial charge is 0.315 e. The molecular weight excluding hydrogens is 382 g/mol. The number of urea groups is 1. The molecule has 0 unspecified atom stereocenters. The minimum Gasteiger partial charge on any atom is -0.474 e. The number of nitrogens with zero attached hydrogens (tertiary/aromatic N) is 3. The largest absolute Gasteiger partial charge is 0.474 e. The maximum Gasteiger partial charge on any atom is 0.315 e. The van der Waals surface area contributed by atoms with E-state index in [0.717, 1.165) is 42.9 Å². The van der Waals surface area contributed by atoms with Crippen LogP contribution in [0, 0.1) is 0 Å². The quantitative estimate of drug-likeness (QED) is 0.728. The fraction of sp³-hybridized carbons (Fsp3) is 0.500. The van der Waals surface area contributed by atoms with Gasteiger partial charge in [0, 0.05) is 44.1 Å². The highest BCUT2D eigenvalue weighted by Gasteiger charge is 2.19. The molecule has 2 aromatic rings. The van der Waals surface area contributed by atoms with Gasteiger partial charge >= 0.3 is 6.03 Å². The summed E-state index contributed by atoms with van der Waals surface area (Å²) in [5.74, 6) is 1.54. The number of carbonyl (C=O) groups excluding carboxylic acids is 1. The molecule has 8 heteroatoms. The van der Waals surface area contributed by atoms with Gasteiger partial charge in [-0.2, -0.15) is 0 Å². The van der Waals surface area contributed by atoms with E-state index in [1.54, 1.807) is 12.4 Å². The molecule has 1 aliphatic carbocycles. The van der Waals surface area contributed by atoms with E-state index in [9.17, 15) is 4.79 Å². The highest BCUT2D eigenvalue weighted by atomic mass is 16.5. The lowest BCUT2D eigenvalue weighted by Crippen LogP contribution is -2.37. The van der Waals surface area contributed by atoms with E-state index in [1.165, 1.54) is 12.8 Å². The zero-order chi connectivity index (χ0) is 20.6. The van der Waals surface area contributed by atoms with Crippen LogP contribution in [0.2, 0.25) is 0 Å². The van der Waals surface area contributed by atoms with Gasteiger partial charge in [-0.25, -0.2) is 14.8 Å². The molecule has 0 bridgehead atoms. The predicted octanol–water partition coefficient (Wildman–Crippen LogP) is 2.63. The summed E-state index contributed by atoms with van der Waals surface area (Å²) in [6.45, 7) is 3.91. The molecule has 2 aromatic heterocycles. The van der Waals surface area contributed by atoms with Gasteiger partial charge in [-0.15, -0.1) is 0 Å². The van der Waals surface area contributed by atoms with E-state index < -0.39 is 0 Å². The monoisotopic (exact) mass is 411 g/mol. The van der Waals surface area contributed by atoms with Crippen molar-refractivity contribution < 1.29 is 14.3 Å². The number of ether oxygens (including phenoxy) is 2. The van der Waals surface area contributed by atoms with Crippen molar-refractivity contribution in [3.63, 3.8) is 0 Å². The maximum absolute atomic E-state index is 12.3. The second-order valence-corrected chi connectivity index (χ2v) is 7.65. The van der Waals surface area contributed by atoms with Gasteiger partial charge in [0.2, 0.25) is 5.88 Å². The van der Waals surface area contributed by atoms with Gasteiger partial charge in [0.1, 0.15) is 11.9 Å². The van der Waals surface area contributed by atoms with Crippen molar-refractivity contribution in [2.24, 2.45) is 0 Å². The van der Waals surface area contributed by atoms with Crippen molar-refractivity contribution in [1.82, 2.24) is 20.6 Å². The molecule has 160 valence electrons. The third-order valence-electron chi connectivity index (χ3n) is 5.47. The molecule has 2 N–H and O–H groups in total. The van der Waals surface area contributed by atoms with Gasteiger partial charge in [-0.1, -0.05) is 6.07 Å². The zero-order valence-corrected chi connectivity index (χ0v) is 17.2. The Morgan fingerprint density at radius 1 is 1.10 bits per heavy atom. The van der Waals surface area contributed by atoms with Crippen LogP contribution in [0.1, 0.15) is 36.8 Å². The number of rotatable bonds is 7. The Hall–Kier alpha value is -2.87. The van der Waals surface area contributed by atoms with Crippen LogP contribution in [0.3, 0.4) is 0 Å². The molecule has 1 saturated heterocycles. The van der Waals surface area contributed by atoms with Gasteiger partial charge in [-0.3, -0.25) is 0 Å². The number of amides is 2. The average molecular weight is 412 g/mol. The van der Waals surface area contributed by atoms with Crippen LogP contribution in [0.25, 0.3) is 0 Å². The summed E-state index contributed by atoms with van der Waals surface area (Å²) in [6.07, 6.45) is 8.29. The first kappa shape index (κ1) is 20.4. The number of carbonyl (C=O) groups is 1. The standard InChI is InChI=1S/C22H29N5O3/c28-22(25-15-17-7-9-23-20(14-17)27-10-12-29-13-11-27)26-16-18-4-3-8-24-21(18)30-19-5-1-2-6-19/h3-4,7-9,14,19H,1-2,5-6,10-13,15-16H2,(H2,25,26,28). The topological polar surface area (TPSA) is 88.6 Å². The van der Waals surface area contributed by atoms with E-state index >= 15 is 0 Å². The van der Waals surface area contributed by atoms with Crippen LogP contribution >= 0.6 is 0 Å². The molecule has 2 amide bonds. The minimum absolute atomic E-state index is 0.226. The fourth-order valence-electron chi connectivity index (χ4n) is 3.79. The first-order chi connectivity index (χ1) is 14.8. The molecule has 2 aliphatic rings. The van der Waals surface area contributed by atoms with Crippen LogP contribution in [-0.2, 0) is 17.8 Å². The number of hydrogen-bond acceptors (Lipinski definition) is 6. The Balaban J connectivity index is 1.26. The van der Waals surface area contributed by atoms with E-state index in [0.29, 0.717) is 32.2 Å². The SMILES string of the molecule is O=C(NCc1ccnc(N2CCOCC2)c1)NCc1cccnc1OC1CCCC1. The van der Waals surface area contributed by atoms with Crippen molar-refractivity contribution in [1.29, 1.82) is 0 Å². The Kier molecular flexibility index (Phi) is 6.97. The Morgan fingerprint density at radius 3 is 2.73 bits per heavy atom. The number of nitrogens with one attached hydrogen (secondary N) is 2. The summed E-state index contributed by atoms with van der Waals surface area (Å²) in [5.41, 5.74) is 1.89. The van der Waals surface area contributed by atoms with Gasteiger partial charge in [0.25, 0.3) is 0 Å². The highest BCUT2D eigenvalue weighted by Crippen LogP contribution is 2.25. The normalized spacial score (nSPS) is 17.0. The van der Waals surface area contributed by atoms with E-state index in [4.69, 9.17) is 9.47 Å². The maximum atomic E-state index is 12.3. The number of anilines is 1. The molecule has 3 heterocycles. The van der Waals surface area contributed by atoms with Gasteiger partial charge in [0.15, 0.2) is 0 Å². The summed E-state index contributed by atoms with van der Waals surface area (Å²) >= 11 is 0. The molecule has 1 aliphatic heterocycles. The molecule has 2 fully saturated rings. The molecule has 1 saturated carbocycles. The second-order valence-electron chi connectivity index (χ2n) is 7.65. The number of morpholine rings is 1. The molecule has 0 aromatic carbocycles. The number of hydrogen-bond donors (Lipinski definition) is 2. The Morgan fingerprint density at radius 2 is 1.90 bits per heavy atom. The summed E-state index contributed by atoms with van der Waals surface area (Å²) < 4.78 is 11.4. The van der Waals surface area contributed by atoms with Crippen LogP contribution < -0.4 is 20.3 Å². The summed E-state index contributed by atoms with van der Waals surface area (Å²) in [4.78, 5) is 23.3. The minimum atomic E-state index is -0.226. The number of pyridine rings is 2. The first-order valence-electron chi connectivity index (χ1n) is 10.7. The lowest BCUT2D eigenvalue weighted by molar-refractivity contribution is 0.122. The third-order valence-corrected chi connectivity index (χ3v) is 5.47. The van der Waals surface area contributed by atoms with Gasteiger partial charge in [-0.05, 0) is 49.4 Å². The lowest BCUT2D eigenvalue weighted by atomic mass is 10.2. The van der Waals surface area contributed by atoms with Crippen LogP contribution in [0.4, 0.5) is 10.6 Å². The van der Waals surface area contributed by atoms with Crippen molar-refractivity contribution >= 4 is 11.8 Å². The van der Waals surface area contributed by atoms with Crippen LogP contribution in [0.5, 0.6) is 5.88 Å².